The summed E-state index contributed by atoms with van der Waals surface area (Å²) in [5.74, 6) is 2.02. The van der Waals surface area contributed by atoms with Gasteiger partial charge < -0.3 is 24.0 Å². The zero-order valence-electron chi connectivity index (χ0n) is 16.0. The van der Waals surface area contributed by atoms with E-state index in [9.17, 15) is 4.79 Å². The maximum absolute atomic E-state index is 13.0. The van der Waals surface area contributed by atoms with Crippen LogP contribution < -0.4 is 9.80 Å². The number of aromatic nitrogens is 3. The number of nitrogens with zero attached hydrogens (tertiary/aromatic N) is 6. The molecule has 0 unspecified atom stereocenters. The second-order valence-corrected chi connectivity index (χ2v) is 7.19. The van der Waals surface area contributed by atoms with Gasteiger partial charge in [0.2, 0.25) is 5.95 Å². The van der Waals surface area contributed by atoms with Gasteiger partial charge >= 0.3 is 0 Å². The number of morpholine rings is 1. The van der Waals surface area contributed by atoms with Crippen LogP contribution in [0.4, 0.5) is 11.8 Å². The van der Waals surface area contributed by atoms with Gasteiger partial charge in [0.25, 0.3) is 5.91 Å². The van der Waals surface area contributed by atoms with Crippen LogP contribution in [0.15, 0.2) is 16.8 Å². The minimum absolute atomic E-state index is 0.0408. The smallest absolute Gasteiger partial charge is 0.259 e. The molecule has 27 heavy (non-hydrogen) atoms. The van der Waals surface area contributed by atoms with Crippen molar-refractivity contribution in [1.82, 2.24) is 20.0 Å². The number of carbonyl (C=O) groups is 1. The molecule has 0 bridgehead atoms. The number of hydrogen-bond donors (Lipinski definition) is 0. The highest BCUT2D eigenvalue weighted by Gasteiger charge is 2.43. The van der Waals surface area contributed by atoms with Crippen molar-refractivity contribution in [1.29, 1.82) is 0 Å². The first kappa shape index (κ1) is 17.7. The summed E-state index contributed by atoms with van der Waals surface area (Å²) in [7, 11) is 3.83. The Labute approximate surface area is 157 Å². The van der Waals surface area contributed by atoms with E-state index in [0.29, 0.717) is 42.7 Å². The van der Waals surface area contributed by atoms with E-state index < -0.39 is 0 Å². The molecule has 0 aliphatic carbocycles. The van der Waals surface area contributed by atoms with Crippen LogP contribution in [-0.4, -0.2) is 78.4 Å². The zero-order chi connectivity index (χ0) is 19.1. The fourth-order valence-electron chi connectivity index (χ4n) is 3.80. The predicted molar refractivity (Wildman–Crippen MR) is 99.1 cm³/mol. The number of likely N-dealkylation sites (tertiary alicyclic amines) is 1. The summed E-state index contributed by atoms with van der Waals surface area (Å²) in [6.07, 6.45) is 1.73. The van der Waals surface area contributed by atoms with Crippen molar-refractivity contribution >= 4 is 17.7 Å². The molecule has 2 aromatic heterocycles. The summed E-state index contributed by atoms with van der Waals surface area (Å²) >= 11 is 0. The van der Waals surface area contributed by atoms with Crippen molar-refractivity contribution in [3.63, 3.8) is 0 Å². The van der Waals surface area contributed by atoms with E-state index in [2.05, 4.69) is 20.0 Å². The van der Waals surface area contributed by atoms with E-state index in [4.69, 9.17) is 9.26 Å². The first-order valence-corrected chi connectivity index (χ1v) is 9.06. The molecule has 2 aromatic rings. The fourth-order valence-corrected chi connectivity index (χ4v) is 3.80. The average Bonchev–Trinajstić information content (AvgIpc) is 3.24. The van der Waals surface area contributed by atoms with Crippen LogP contribution in [0.2, 0.25) is 0 Å². The van der Waals surface area contributed by atoms with Crippen LogP contribution in [0.1, 0.15) is 21.8 Å². The predicted octanol–water partition coefficient (Wildman–Crippen LogP) is 0.877. The normalized spacial score (nSPS) is 22.1. The number of fused-ring (bicyclic) bond motifs is 1. The van der Waals surface area contributed by atoms with Crippen LogP contribution >= 0.6 is 0 Å². The summed E-state index contributed by atoms with van der Waals surface area (Å²) in [5.41, 5.74) is 1.17. The third-order valence-corrected chi connectivity index (χ3v) is 5.16. The third-order valence-electron chi connectivity index (χ3n) is 5.16. The van der Waals surface area contributed by atoms with Gasteiger partial charge in [-0.2, -0.15) is 4.98 Å². The van der Waals surface area contributed by atoms with Gasteiger partial charge in [0.15, 0.2) is 0 Å². The van der Waals surface area contributed by atoms with Gasteiger partial charge in [0, 0.05) is 39.9 Å². The topological polar surface area (TPSA) is 87.8 Å². The Bertz CT molecular complexity index is 832. The van der Waals surface area contributed by atoms with Gasteiger partial charge in [0.05, 0.1) is 24.4 Å². The molecule has 0 N–H and O–H groups in total. The van der Waals surface area contributed by atoms with Crippen molar-refractivity contribution in [2.24, 2.45) is 0 Å². The van der Waals surface area contributed by atoms with E-state index in [-0.39, 0.29) is 18.1 Å². The van der Waals surface area contributed by atoms with Crippen molar-refractivity contribution in [3.05, 3.63) is 29.3 Å². The molecule has 2 fully saturated rings. The van der Waals surface area contributed by atoms with E-state index in [0.717, 1.165) is 12.4 Å². The monoisotopic (exact) mass is 372 g/mol. The maximum atomic E-state index is 13.0. The first-order chi connectivity index (χ1) is 13.0. The molecule has 2 aliphatic rings. The van der Waals surface area contributed by atoms with E-state index in [1.807, 2.05) is 30.0 Å². The summed E-state index contributed by atoms with van der Waals surface area (Å²) in [4.78, 5) is 27.9. The van der Waals surface area contributed by atoms with E-state index in [1.165, 1.54) is 0 Å². The molecule has 1 amide bonds. The first-order valence-electron chi connectivity index (χ1n) is 9.06. The van der Waals surface area contributed by atoms with Gasteiger partial charge in [-0.15, -0.1) is 0 Å². The average molecular weight is 372 g/mol. The summed E-state index contributed by atoms with van der Waals surface area (Å²) in [6.45, 7) is 6.03. The lowest BCUT2D eigenvalue weighted by Crippen LogP contribution is -2.51. The lowest BCUT2D eigenvalue weighted by molar-refractivity contribution is 0.0299. The van der Waals surface area contributed by atoms with Crippen LogP contribution in [0.3, 0.4) is 0 Å². The van der Waals surface area contributed by atoms with Gasteiger partial charge in [-0.3, -0.25) is 4.79 Å². The van der Waals surface area contributed by atoms with Gasteiger partial charge in [0.1, 0.15) is 17.1 Å². The number of hydrogen-bond acceptors (Lipinski definition) is 8. The summed E-state index contributed by atoms with van der Waals surface area (Å²) < 4.78 is 11.1. The maximum Gasteiger partial charge on any atom is 0.259 e. The quantitative estimate of drug-likeness (QED) is 0.785. The molecule has 0 radical (unpaired) electrons. The van der Waals surface area contributed by atoms with Crippen molar-refractivity contribution in [2.45, 2.75) is 26.0 Å². The summed E-state index contributed by atoms with van der Waals surface area (Å²) in [5, 5.41) is 3.90. The molecule has 9 heteroatoms. The molecule has 0 aromatic carbocycles. The van der Waals surface area contributed by atoms with E-state index in [1.54, 1.807) is 20.0 Å². The lowest BCUT2D eigenvalue weighted by atomic mass is 10.1. The largest absolute Gasteiger partial charge is 0.372 e. The molecule has 4 rings (SSSR count). The molecular formula is C18H24N6O3. The Morgan fingerprint density at radius 3 is 2.81 bits per heavy atom. The zero-order valence-corrected chi connectivity index (χ0v) is 16.0. The fraction of sp³-hybridized carbons (Fsp3) is 0.556. The molecule has 144 valence electrons. The Kier molecular flexibility index (Phi) is 4.47. The van der Waals surface area contributed by atoms with Crippen molar-refractivity contribution in [3.8, 4) is 0 Å². The molecule has 4 heterocycles. The van der Waals surface area contributed by atoms with Crippen LogP contribution in [0.5, 0.6) is 0 Å². The molecule has 2 aliphatic heterocycles. The van der Waals surface area contributed by atoms with Crippen molar-refractivity contribution in [2.75, 3.05) is 50.1 Å². The molecule has 2 saturated heterocycles. The Hall–Kier alpha value is -2.68. The number of rotatable bonds is 3. The van der Waals surface area contributed by atoms with Gasteiger partial charge in [-0.1, -0.05) is 5.16 Å². The third kappa shape index (κ3) is 3.12. The van der Waals surface area contributed by atoms with Crippen LogP contribution in [-0.2, 0) is 4.74 Å². The number of anilines is 2. The van der Waals surface area contributed by atoms with E-state index >= 15 is 0 Å². The number of carbonyl (C=O) groups excluding carboxylic acids is 1. The van der Waals surface area contributed by atoms with Gasteiger partial charge in [-0.25, -0.2) is 4.98 Å². The Morgan fingerprint density at radius 2 is 2.11 bits per heavy atom. The van der Waals surface area contributed by atoms with Crippen LogP contribution in [0, 0.1) is 13.8 Å². The number of amides is 1. The number of ether oxygens (including phenoxy) is 1. The Morgan fingerprint density at radius 1 is 1.30 bits per heavy atom. The molecular weight excluding hydrogens is 348 g/mol. The molecule has 9 nitrogen and oxygen atoms in total. The van der Waals surface area contributed by atoms with Gasteiger partial charge in [-0.05, 0) is 19.9 Å². The SMILES string of the molecule is Cc1noc(C)c1C(=O)N1C[C@@H]2OCCN(c3ccnc(N(C)C)n3)[C@@H]2C1. The molecule has 0 saturated carbocycles. The minimum atomic E-state index is -0.0548. The molecule has 2 atom stereocenters. The van der Waals surface area contributed by atoms with Crippen molar-refractivity contribution < 1.29 is 14.1 Å². The number of aryl methyl sites for hydroxylation is 2. The Balaban J connectivity index is 1.57. The summed E-state index contributed by atoms with van der Waals surface area (Å²) in [6, 6.07) is 1.97. The highest BCUT2D eigenvalue weighted by Crippen LogP contribution is 2.29. The highest BCUT2D eigenvalue weighted by atomic mass is 16.5. The second-order valence-electron chi connectivity index (χ2n) is 7.19. The van der Waals surface area contributed by atoms with Crippen LogP contribution in [0.25, 0.3) is 0 Å². The standard InChI is InChI=1S/C18H24N6O3/c1-11-16(12(2)27-21-11)17(25)23-9-13-14(10-23)26-8-7-24(13)15-5-6-19-18(20-15)22(3)4/h5-6,13-14H,7-10H2,1-4H3/t13-,14+/m1/s1. The lowest BCUT2D eigenvalue weighted by Gasteiger charge is -2.37. The minimum Gasteiger partial charge on any atom is -0.372 e. The second kappa shape index (κ2) is 6.80. The molecule has 0 spiro atoms. The highest BCUT2D eigenvalue weighted by molar-refractivity contribution is 5.96.